The van der Waals surface area contributed by atoms with Crippen LogP contribution in [0.5, 0.6) is 0 Å². The first-order valence-corrected chi connectivity index (χ1v) is 9.50. The summed E-state index contributed by atoms with van der Waals surface area (Å²) < 4.78 is 4.78. The van der Waals surface area contributed by atoms with Gasteiger partial charge in [-0.3, -0.25) is 27.9 Å². The lowest BCUT2D eigenvalue weighted by Gasteiger charge is -2.00. The summed E-state index contributed by atoms with van der Waals surface area (Å²) in [5, 5.41) is 0. The number of aryl methyl sites for hydroxylation is 4. The Labute approximate surface area is 168 Å². The fourth-order valence-electron chi connectivity index (χ4n) is 3.57. The molecule has 0 aromatic carbocycles. The Morgan fingerprint density at radius 2 is 1.00 bits per heavy atom. The lowest BCUT2D eigenvalue weighted by atomic mass is 10.2. The van der Waals surface area contributed by atoms with Gasteiger partial charge < -0.3 is 9.97 Å². The van der Waals surface area contributed by atoms with Gasteiger partial charge in [-0.1, -0.05) is 0 Å². The van der Waals surface area contributed by atoms with Crippen LogP contribution >= 0.6 is 0 Å². The summed E-state index contributed by atoms with van der Waals surface area (Å²) in [4.78, 5) is 63.3. The number of hydrogen-bond acceptors (Lipinski definition) is 6. The van der Waals surface area contributed by atoms with Gasteiger partial charge in [0.15, 0.2) is 11.3 Å². The first-order chi connectivity index (χ1) is 14.2. The van der Waals surface area contributed by atoms with Crippen LogP contribution in [0.1, 0.15) is 24.5 Å². The maximum atomic E-state index is 12.2. The van der Waals surface area contributed by atoms with Crippen molar-refractivity contribution in [1.82, 2.24) is 38.2 Å². The van der Waals surface area contributed by atoms with Gasteiger partial charge in [-0.15, -0.1) is 0 Å². The molecule has 0 atom stereocenters. The lowest BCUT2D eigenvalue weighted by molar-refractivity contribution is 0.694. The van der Waals surface area contributed by atoms with Gasteiger partial charge in [0.2, 0.25) is 0 Å². The highest BCUT2D eigenvalue weighted by molar-refractivity contribution is 5.70. The minimum absolute atomic E-state index is 0.309. The first-order valence-electron chi connectivity index (χ1n) is 9.50. The van der Waals surface area contributed by atoms with Gasteiger partial charge >= 0.3 is 11.4 Å². The summed E-state index contributed by atoms with van der Waals surface area (Å²) in [5.74, 6) is 1.26. The van der Waals surface area contributed by atoms with Gasteiger partial charge in [-0.2, -0.15) is 0 Å². The van der Waals surface area contributed by atoms with Crippen LogP contribution in [0.25, 0.3) is 22.3 Å². The van der Waals surface area contributed by atoms with Gasteiger partial charge in [0, 0.05) is 41.0 Å². The smallest absolute Gasteiger partial charge is 0.332 e. The maximum Gasteiger partial charge on any atom is 0.332 e. The molecule has 30 heavy (non-hydrogen) atoms. The third-order valence-corrected chi connectivity index (χ3v) is 5.36. The first kappa shape index (κ1) is 19.6. The number of nitrogens with one attached hydrogen (secondary N) is 2. The third-order valence-electron chi connectivity index (χ3n) is 5.36. The summed E-state index contributed by atoms with van der Waals surface area (Å²) in [6.07, 6.45) is 2.68. The van der Waals surface area contributed by atoms with E-state index in [-0.39, 0.29) is 0 Å². The summed E-state index contributed by atoms with van der Waals surface area (Å²) in [6.45, 7) is 0. The zero-order valence-electron chi connectivity index (χ0n) is 17.1. The Hall–Kier alpha value is -3.70. The predicted molar refractivity (Wildman–Crippen MR) is 110 cm³/mol. The average Bonchev–Trinajstić information content (AvgIpc) is 3.35. The fourth-order valence-corrected chi connectivity index (χ4v) is 3.57. The number of rotatable bonds is 5. The van der Waals surface area contributed by atoms with Gasteiger partial charge in [0.25, 0.3) is 11.1 Å². The van der Waals surface area contributed by atoms with E-state index in [2.05, 4.69) is 19.9 Å². The number of unbranched alkanes of at least 4 members (excludes halogenated alkanes) is 1. The topological polar surface area (TPSA) is 145 Å². The molecule has 0 amide bonds. The standard InChI is InChI=1S/C18H22N8O4/c1-23-13-11(15(27)25(3)17(23)29)19-9(21-13)7-5-6-8-10-20-12-14(22-10)24(2)18(30)26(4)16(12)28/h5-8H2,1-4H3,(H,19,21)(H,20,22). The number of imidazole rings is 2. The van der Waals surface area contributed by atoms with Gasteiger partial charge in [-0.25, -0.2) is 19.6 Å². The molecule has 0 saturated carbocycles. The number of H-pyrrole nitrogens is 2. The second kappa shape index (κ2) is 6.97. The molecule has 0 bridgehead atoms. The van der Waals surface area contributed by atoms with Crippen molar-refractivity contribution in [2.24, 2.45) is 28.2 Å². The molecule has 0 unspecified atom stereocenters. The normalized spacial score (nSPS) is 11.7. The van der Waals surface area contributed by atoms with Crippen molar-refractivity contribution < 1.29 is 0 Å². The van der Waals surface area contributed by atoms with Crippen molar-refractivity contribution in [1.29, 1.82) is 0 Å². The van der Waals surface area contributed by atoms with Crippen molar-refractivity contribution in [2.75, 3.05) is 0 Å². The molecule has 4 rings (SSSR count). The van der Waals surface area contributed by atoms with E-state index < -0.39 is 22.5 Å². The number of fused-ring (bicyclic) bond motifs is 2. The Kier molecular flexibility index (Phi) is 4.56. The molecule has 12 nitrogen and oxygen atoms in total. The molecule has 0 radical (unpaired) electrons. The van der Waals surface area contributed by atoms with Crippen LogP contribution in [0.4, 0.5) is 0 Å². The largest absolute Gasteiger partial charge is 0.336 e. The molecular weight excluding hydrogens is 392 g/mol. The highest BCUT2D eigenvalue weighted by Crippen LogP contribution is 2.10. The minimum Gasteiger partial charge on any atom is -0.336 e. The molecule has 0 aliphatic rings. The highest BCUT2D eigenvalue weighted by atomic mass is 16.2. The molecule has 12 heteroatoms. The monoisotopic (exact) mass is 414 g/mol. The number of hydrogen-bond donors (Lipinski definition) is 2. The molecule has 158 valence electrons. The summed E-state index contributed by atoms with van der Waals surface area (Å²) >= 11 is 0. The Balaban J connectivity index is 1.50. The predicted octanol–water partition coefficient (Wildman–Crippen LogP) is -1.20. The van der Waals surface area contributed by atoms with Gasteiger partial charge in [-0.05, 0) is 12.8 Å². The average molecular weight is 414 g/mol. The van der Waals surface area contributed by atoms with E-state index in [4.69, 9.17) is 0 Å². The minimum atomic E-state index is -0.420. The van der Waals surface area contributed by atoms with Crippen molar-refractivity contribution in [3.05, 3.63) is 53.3 Å². The number of aromatic amines is 2. The SMILES string of the molecule is Cn1c(=O)c2[nH]c(CCCCc3nc4c([nH]3)c(=O)n(C)c(=O)n4C)nc2n(C)c1=O. The van der Waals surface area contributed by atoms with Crippen LogP contribution in [0.15, 0.2) is 19.2 Å². The van der Waals surface area contributed by atoms with Crippen LogP contribution in [0, 0.1) is 0 Å². The second-order valence-electron chi connectivity index (χ2n) is 7.38. The highest BCUT2D eigenvalue weighted by Gasteiger charge is 2.15. The molecule has 4 aromatic rings. The Bertz CT molecular complexity index is 1410. The molecule has 4 heterocycles. The summed E-state index contributed by atoms with van der Waals surface area (Å²) in [6, 6.07) is 0. The van der Waals surface area contributed by atoms with E-state index in [1.54, 1.807) is 14.1 Å². The van der Waals surface area contributed by atoms with E-state index in [9.17, 15) is 19.2 Å². The Morgan fingerprint density at radius 3 is 1.37 bits per heavy atom. The van der Waals surface area contributed by atoms with Crippen LogP contribution < -0.4 is 22.5 Å². The molecule has 0 fully saturated rings. The zero-order valence-corrected chi connectivity index (χ0v) is 17.1. The van der Waals surface area contributed by atoms with Gasteiger partial charge in [0.05, 0.1) is 0 Å². The van der Waals surface area contributed by atoms with Crippen molar-refractivity contribution in [3.63, 3.8) is 0 Å². The molecule has 0 aliphatic heterocycles. The molecule has 0 aliphatic carbocycles. The van der Waals surface area contributed by atoms with Crippen LogP contribution in [-0.4, -0.2) is 38.2 Å². The van der Waals surface area contributed by atoms with Crippen molar-refractivity contribution in [2.45, 2.75) is 25.7 Å². The van der Waals surface area contributed by atoms with Crippen molar-refractivity contribution >= 4 is 22.3 Å². The summed E-state index contributed by atoms with van der Waals surface area (Å²) in [5.41, 5.74) is -0.346. The molecule has 0 saturated heterocycles. The zero-order chi connectivity index (χ0) is 21.7. The van der Waals surface area contributed by atoms with Crippen LogP contribution in [0.2, 0.25) is 0 Å². The number of aromatic nitrogens is 8. The van der Waals surface area contributed by atoms with E-state index >= 15 is 0 Å². The lowest BCUT2D eigenvalue weighted by Crippen LogP contribution is -2.36. The number of nitrogens with zero attached hydrogens (tertiary/aromatic N) is 6. The van der Waals surface area contributed by atoms with Crippen molar-refractivity contribution in [3.8, 4) is 0 Å². The van der Waals surface area contributed by atoms with Gasteiger partial charge in [0.1, 0.15) is 22.7 Å². The Morgan fingerprint density at radius 1 is 0.633 bits per heavy atom. The maximum absolute atomic E-state index is 12.2. The van der Waals surface area contributed by atoms with E-state index in [1.165, 1.54) is 23.2 Å². The van der Waals surface area contributed by atoms with E-state index in [0.29, 0.717) is 46.8 Å². The second-order valence-corrected chi connectivity index (χ2v) is 7.38. The molecule has 4 aromatic heterocycles. The van der Waals surface area contributed by atoms with Crippen LogP contribution in [-0.2, 0) is 41.0 Å². The molecule has 0 spiro atoms. The quantitative estimate of drug-likeness (QED) is 0.392. The van der Waals surface area contributed by atoms with E-state index in [0.717, 1.165) is 22.0 Å². The van der Waals surface area contributed by atoms with Crippen LogP contribution in [0.3, 0.4) is 0 Å². The molecule has 2 N–H and O–H groups in total. The molecular formula is C18H22N8O4. The third kappa shape index (κ3) is 2.91. The van der Waals surface area contributed by atoms with E-state index in [1.807, 2.05) is 0 Å². The fraction of sp³-hybridized carbons (Fsp3) is 0.444. The summed E-state index contributed by atoms with van der Waals surface area (Å²) in [7, 11) is 6.02.